The van der Waals surface area contributed by atoms with Crippen LogP contribution in [0.15, 0.2) is 53.4 Å². The van der Waals surface area contributed by atoms with Crippen molar-refractivity contribution in [2.45, 2.75) is 31.6 Å². The third kappa shape index (κ3) is 5.30. The Hall–Kier alpha value is -1.89. The standard InChI is InChI=1S/C19H23ClN2O3S/c1-14(2)16-4-8-18(9-5-16)22(15(3)23)13-12-21-26(24,25)19-10-6-17(20)7-11-19/h4-11,14,21H,12-13H2,1-3H3. The van der Waals surface area contributed by atoms with E-state index in [2.05, 4.69) is 18.6 Å². The highest BCUT2D eigenvalue weighted by Gasteiger charge is 2.16. The lowest BCUT2D eigenvalue weighted by atomic mass is 10.0. The zero-order valence-electron chi connectivity index (χ0n) is 15.1. The Balaban J connectivity index is 2.04. The molecular formula is C19H23ClN2O3S. The van der Waals surface area contributed by atoms with Crippen molar-refractivity contribution in [2.24, 2.45) is 0 Å². The van der Waals surface area contributed by atoms with Crippen LogP contribution in [0.25, 0.3) is 0 Å². The van der Waals surface area contributed by atoms with Crippen molar-refractivity contribution in [2.75, 3.05) is 18.0 Å². The number of hydrogen-bond acceptors (Lipinski definition) is 3. The molecule has 0 unspecified atom stereocenters. The van der Waals surface area contributed by atoms with E-state index in [4.69, 9.17) is 11.6 Å². The maximum Gasteiger partial charge on any atom is 0.240 e. The van der Waals surface area contributed by atoms with Gasteiger partial charge < -0.3 is 4.90 Å². The van der Waals surface area contributed by atoms with Gasteiger partial charge in [-0.15, -0.1) is 0 Å². The highest BCUT2D eigenvalue weighted by atomic mass is 35.5. The second-order valence-corrected chi connectivity index (χ2v) is 8.47. The minimum atomic E-state index is -3.65. The summed E-state index contributed by atoms with van der Waals surface area (Å²) in [4.78, 5) is 13.6. The third-order valence-corrected chi connectivity index (χ3v) is 5.73. The molecule has 0 fully saturated rings. The number of sulfonamides is 1. The second-order valence-electron chi connectivity index (χ2n) is 6.27. The van der Waals surface area contributed by atoms with Crippen LogP contribution < -0.4 is 9.62 Å². The average molecular weight is 395 g/mol. The fourth-order valence-electron chi connectivity index (χ4n) is 2.50. The maximum atomic E-state index is 12.3. The molecule has 0 aromatic heterocycles. The first-order chi connectivity index (χ1) is 12.2. The van der Waals surface area contributed by atoms with Gasteiger partial charge in [0.05, 0.1) is 4.90 Å². The highest BCUT2D eigenvalue weighted by molar-refractivity contribution is 7.89. The number of benzene rings is 2. The first kappa shape index (κ1) is 20.4. The van der Waals surface area contributed by atoms with E-state index in [1.54, 1.807) is 4.90 Å². The molecule has 1 N–H and O–H groups in total. The molecule has 140 valence electrons. The number of amides is 1. The smallest absolute Gasteiger partial charge is 0.240 e. The third-order valence-electron chi connectivity index (χ3n) is 4.00. The van der Waals surface area contributed by atoms with Gasteiger partial charge >= 0.3 is 0 Å². The van der Waals surface area contributed by atoms with E-state index in [0.717, 1.165) is 5.69 Å². The number of nitrogens with one attached hydrogen (secondary N) is 1. The number of halogens is 1. The van der Waals surface area contributed by atoms with E-state index < -0.39 is 10.0 Å². The van der Waals surface area contributed by atoms with Gasteiger partial charge in [-0.2, -0.15) is 0 Å². The maximum absolute atomic E-state index is 12.3. The summed E-state index contributed by atoms with van der Waals surface area (Å²) in [6, 6.07) is 13.6. The first-order valence-electron chi connectivity index (χ1n) is 8.34. The van der Waals surface area contributed by atoms with E-state index in [-0.39, 0.29) is 23.9 Å². The molecule has 0 radical (unpaired) electrons. The number of rotatable bonds is 7. The van der Waals surface area contributed by atoms with Crippen molar-refractivity contribution in [3.05, 3.63) is 59.1 Å². The summed E-state index contributed by atoms with van der Waals surface area (Å²) in [5.74, 6) is 0.258. The molecular weight excluding hydrogens is 372 g/mol. The Morgan fingerprint density at radius 1 is 1.08 bits per heavy atom. The number of anilines is 1. The first-order valence-corrected chi connectivity index (χ1v) is 10.2. The zero-order chi connectivity index (χ0) is 19.3. The molecule has 5 nitrogen and oxygen atoms in total. The van der Waals surface area contributed by atoms with Gasteiger partial charge in [-0.1, -0.05) is 37.6 Å². The van der Waals surface area contributed by atoms with Gasteiger partial charge in [-0.05, 0) is 47.9 Å². The number of nitrogens with zero attached hydrogens (tertiary/aromatic N) is 1. The molecule has 0 aliphatic rings. The van der Waals surface area contributed by atoms with Crippen LogP contribution in [0.3, 0.4) is 0 Å². The molecule has 0 heterocycles. The van der Waals surface area contributed by atoms with Crippen molar-refractivity contribution in [3.63, 3.8) is 0 Å². The van der Waals surface area contributed by atoms with Crippen LogP contribution in [0.4, 0.5) is 5.69 Å². The van der Waals surface area contributed by atoms with E-state index in [9.17, 15) is 13.2 Å². The molecule has 7 heteroatoms. The molecule has 2 aromatic rings. The normalized spacial score (nSPS) is 11.6. The van der Waals surface area contributed by atoms with Gasteiger partial charge in [0.25, 0.3) is 0 Å². The second kappa shape index (κ2) is 8.66. The molecule has 2 aromatic carbocycles. The van der Waals surface area contributed by atoms with Crippen molar-refractivity contribution >= 4 is 33.2 Å². The van der Waals surface area contributed by atoms with Gasteiger partial charge in [0.15, 0.2) is 0 Å². The van der Waals surface area contributed by atoms with E-state index >= 15 is 0 Å². The van der Waals surface area contributed by atoms with Crippen molar-refractivity contribution < 1.29 is 13.2 Å². The molecule has 0 saturated heterocycles. The molecule has 2 rings (SSSR count). The van der Waals surface area contributed by atoms with Crippen LogP contribution in [0.1, 0.15) is 32.3 Å². The summed E-state index contributed by atoms with van der Waals surface area (Å²) in [5.41, 5.74) is 1.92. The van der Waals surface area contributed by atoms with Crippen LogP contribution >= 0.6 is 11.6 Å². The van der Waals surface area contributed by atoms with E-state index in [1.165, 1.54) is 36.8 Å². The van der Waals surface area contributed by atoms with Gasteiger partial charge in [0, 0.05) is 30.7 Å². The lowest BCUT2D eigenvalue weighted by Crippen LogP contribution is -2.37. The van der Waals surface area contributed by atoms with Crippen molar-refractivity contribution in [1.29, 1.82) is 0 Å². The summed E-state index contributed by atoms with van der Waals surface area (Å²) in [5, 5.41) is 0.469. The average Bonchev–Trinajstić information content (AvgIpc) is 2.59. The van der Waals surface area contributed by atoms with Gasteiger partial charge in [0.1, 0.15) is 0 Å². The monoisotopic (exact) mass is 394 g/mol. The molecule has 1 amide bonds. The Bertz CT molecular complexity index is 847. The Kier molecular flexibility index (Phi) is 6.81. The van der Waals surface area contributed by atoms with E-state index in [1.807, 2.05) is 24.3 Å². The highest BCUT2D eigenvalue weighted by Crippen LogP contribution is 2.20. The number of carbonyl (C=O) groups is 1. The Morgan fingerprint density at radius 2 is 1.65 bits per heavy atom. The predicted octanol–water partition coefficient (Wildman–Crippen LogP) is 3.79. The topological polar surface area (TPSA) is 66.5 Å². The summed E-state index contributed by atoms with van der Waals surface area (Å²) in [6.45, 7) is 6.01. The number of carbonyl (C=O) groups excluding carboxylic acids is 1. The lowest BCUT2D eigenvalue weighted by molar-refractivity contribution is -0.116. The fourth-order valence-corrected chi connectivity index (χ4v) is 3.64. The number of hydrogen-bond donors (Lipinski definition) is 1. The largest absolute Gasteiger partial charge is 0.311 e. The van der Waals surface area contributed by atoms with Crippen LogP contribution in [0.2, 0.25) is 5.02 Å². The molecule has 0 spiro atoms. The Morgan fingerprint density at radius 3 is 2.15 bits per heavy atom. The summed E-state index contributed by atoms with van der Waals surface area (Å²) >= 11 is 5.78. The quantitative estimate of drug-likeness (QED) is 0.776. The van der Waals surface area contributed by atoms with E-state index in [0.29, 0.717) is 10.9 Å². The molecule has 0 aliphatic carbocycles. The summed E-state index contributed by atoms with van der Waals surface area (Å²) < 4.78 is 27.1. The minimum absolute atomic E-state index is 0.108. The summed E-state index contributed by atoms with van der Waals surface area (Å²) in [7, 11) is -3.65. The van der Waals surface area contributed by atoms with Crippen molar-refractivity contribution in [1.82, 2.24) is 4.72 Å². The molecule has 0 aliphatic heterocycles. The molecule has 0 atom stereocenters. The van der Waals surface area contributed by atoms with Crippen LogP contribution in [-0.2, 0) is 14.8 Å². The van der Waals surface area contributed by atoms with Gasteiger partial charge in [-0.25, -0.2) is 13.1 Å². The van der Waals surface area contributed by atoms with Gasteiger partial charge in [0.2, 0.25) is 15.9 Å². The molecule has 0 bridgehead atoms. The lowest BCUT2D eigenvalue weighted by Gasteiger charge is -2.22. The predicted molar refractivity (Wildman–Crippen MR) is 105 cm³/mol. The van der Waals surface area contributed by atoms with Crippen LogP contribution in [0, 0.1) is 0 Å². The Labute approximate surface area is 160 Å². The van der Waals surface area contributed by atoms with Crippen molar-refractivity contribution in [3.8, 4) is 0 Å². The minimum Gasteiger partial charge on any atom is -0.311 e. The van der Waals surface area contributed by atoms with Crippen LogP contribution in [0.5, 0.6) is 0 Å². The van der Waals surface area contributed by atoms with Crippen LogP contribution in [-0.4, -0.2) is 27.4 Å². The molecule has 0 saturated carbocycles. The fraction of sp³-hybridized carbons (Fsp3) is 0.316. The SMILES string of the molecule is CC(=O)N(CCNS(=O)(=O)c1ccc(Cl)cc1)c1ccc(C(C)C)cc1. The summed E-state index contributed by atoms with van der Waals surface area (Å²) in [6.07, 6.45) is 0. The molecule has 26 heavy (non-hydrogen) atoms. The van der Waals surface area contributed by atoms with Gasteiger partial charge in [-0.3, -0.25) is 4.79 Å². The zero-order valence-corrected chi connectivity index (χ0v) is 16.6.